The van der Waals surface area contributed by atoms with Crippen LogP contribution in [0.1, 0.15) is 38.7 Å². The maximum atomic E-state index is 4.39. The summed E-state index contributed by atoms with van der Waals surface area (Å²) in [7, 11) is 1.91. The molecule has 0 spiro atoms. The fraction of sp³-hybridized carbons (Fsp3) is 0.692. The SMILES string of the molecule is CCCc1c(NC)ncnc1NC(C)C1CC1. The van der Waals surface area contributed by atoms with E-state index in [1.54, 1.807) is 6.33 Å². The van der Waals surface area contributed by atoms with Crippen molar-refractivity contribution in [3.05, 3.63) is 11.9 Å². The first kappa shape index (κ1) is 12.1. The molecule has 0 amide bonds. The molecule has 2 rings (SSSR count). The summed E-state index contributed by atoms with van der Waals surface area (Å²) in [5.41, 5.74) is 1.21. The number of rotatable bonds is 6. The maximum Gasteiger partial charge on any atom is 0.134 e. The van der Waals surface area contributed by atoms with Crippen molar-refractivity contribution in [1.29, 1.82) is 0 Å². The van der Waals surface area contributed by atoms with E-state index in [2.05, 4.69) is 34.4 Å². The number of anilines is 2. The first-order valence-corrected chi connectivity index (χ1v) is 6.54. The quantitative estimate of drug-likeness (QED) is 0.794. The third kappa shape index (κ3) is 2.87. The molecule has 0 aromatic carbocycles. The highest BCUT2D eigenvalue weighted by Crippen LogP contribution is 2.34. The molecule has 4 heteroatoms. The smallest absolute Gasteiger partial charge is 0.134 e. The lowest BCUT2D eigenvalue weighted by Crippen LogP contribution is -2.20. The van der Waals surface area contributed by atoms with Crippen LogP contribution in [0.3, 0.4) is 0 Å². The topological polar surface area (TPSA) is 49.8 Å². The van der Waals surface area contributed by atoms with Gasteiger partial charge in [-0.2, -0.15) is 0 Å². The molecule has 1 aliphatic carbocycles. The predicted octanol–water partition coefficient (Wildman–Crippen LogP) is 2.68. The molecule has 1 heterocycles. The van der Waals surface area contributed by atoms with Gasteiger partial charge in [-0.15, -0.1) is 0 Å². The normalized spacial score (nSPS) is 16.6. The molecule has 17 heavy (non-hydrogen) atoms. The summed E-state index contributed by atoms with van der Waals surface area (Å²) in [5.74, 6) is 2.79. The number of hydrogen-bond donors (Lipinski definition) is 2. The standard InChI is InChI=1S/C13H22N4/c1-4-5-11-12(14-3)15-8-16-13(11)17-9(2)10-6-7-10/h8-10H,4-7H2,1-3H3,(H2,14,15,16,17). The molecule has 2 N–H and O–H groups in total. The Morgan fingerprint density at radius 1 is 1.35 bits per heavy atom. The molecule has 94 valence electrons. The summed E-state index contributed by atoms with van der Waals surface area (Å²) in [6, 6.07) is 0.519. The summed E-state index contributed by atoms with van der Waals surface area (Å²) < 4.78 is 0. The van der Waals surface area contributed by atoms with Crippen LogP contribution in [0.2, 0.25) is 0 Å². The molecule has 1 unspecified atom stereocenters. The van der Waals surface area contributed by atoms with Crippen LogP contribution in [-0.2, 0) is 6.42 Å². The Hall–Kier alpha value is -1.32. The Kier molecular flexibility index (Phi) is 3.82. The lowest BCUT2D eigenvalue weighted by atomic mass is 10.1. The molecule has 4 nitrogen and oxygen atoms in total. The molecular formula is C13H22N4. The van der Waals surface area contributed by atoms with E-state index in [1.807, 2.05) is 7.05 Å². The van der Waals surface area contributed by atoms with Crippen LogP contribution in [0.5, 0.6) is 0 Å². The van der Waals surface area contributed by atoms with Crippen LogP contribution in [0.15, 0.2) is 6.33 Å². The summed E-state index contributed by atoms with van der Waals surface area (Å²) in [5, 5.41) is 6.69. The van der Waals surface area contributed by atoms with Gasteiger partial charge >= 0.3 is 0 Å². The molecule has 0 bridgehead atoms. The molecule has 0 aliphatic heterocycles. The van der Waals surface area contributed by atoms with Gasteiger partial charge in [-0.1, -0.05) is 13.3 Å². The minimum atomic E-state index is 0.519. The first-order chi connectivity index (χ1) is 8.26. The minimum Gasteiger partial charge on any atom is -0.373 e. The van der Waals surface area contributed by atoms with Gasteiger partial charge in [0.15, 0.2) is 0 Å². The third-order valence-corrected chi connectivity index (χ3v) is 3.38. The van der Waals surface area contributed by atoms with Crippen LogP contribution in [-0.4, -0.2) is 23.1 Å². The van der Waals surface area contributed by atoms with Gasteiger partial charge in [-0.25, -0.2) is 9.97 Å². The Morgan fingerprint density at radius 2 is 2.06 bits per heavy atom. The monoisotopic (exact) mass is 234 g/mol. The second-order valence-corrected chi connectivity index (χ2v) is 4.82. The van der Waals surface area contributed by atoms with E-state index < -0.39 is 0 Å². The summed E-state index contributed by atoms with van der Waals surface area (Å²) in [4.78, 5) is 8.68. The molecule has 1 aliphatic rings. The van der Waals surface area contributed by atoms with Gasteiger partial charge < -0.3 is 10.6 Å². The van der Waals surface area contributed by atoms with E-state index in [1.165, 1.54) is 18.4 Å². The zero-order valence-electron chi connectivity index (χ0n) is 11.0. The highest BCUT2D eigenvalue weighted by Gasteiger charge is 2.28. The Bertz CT molecular complexity index is 374. The Labute approximate surface area is 103 Å². The zero-order chi connectivity index (χ0) is 12.3. The van der Waals surface area contributed by atoms with Crippen LogP contribution in [0.25, 0.3) is 0 Å². The highest BCUT2D eigenvalue weighted by atomic mass is 15.1. The van der Waals surface area contributed by atoms with E-state index in [0.717, 1.165) is 30.4 Å². The molecule has 0 radical (unpaired) electrons. The average molecular weight is 234 g/mol. The Balaban J connectivity index is 2.18. The van der Waals surface area contributed by atoms with Crippen molar-refractivity contribution in [3.8, 4) is 0 Å². The van der Waals surface area contributed by atoms with Gasteiger partial charge in [0, 0.05) is 18.7 Å². The number of nitrogens with zero attached hydrogens (tertiary/aromatic N) is 2. The van der Waals surface area contributed by atoms with Crippen molar-refractivity contribution >= 4 is 11.6 Å². The molecule has 1 aromatic rings. The molecule has 1 aromatic heterocycles. The predicted molar refractivity (Wildman–Crippen MR) is 71.4 cm³/mol. The molecular weight excluding hydrogens is 212 g/mol. The average Bonchev–Trinajstić information content (AvgIpc) is 3.15. The number of nitrogens with one attached hydrogen (secondary N) is 2. The summed E-state index contributed by atoms with van der Waals surface area (Å²) in [6.07, 6.45) is 6.45. The van der Waals surface area contributed by atoms with Crippen molar-refractivity contribution in [2.45, 2.75) is 45.6 Å². The van der Waals surface area contributed by atoms with E-state index in [9.17, 15) is 0 Å². The van der Waals surface area contributed by atoms with Crippen molar-refractivity contribution in [2.24, 2.45) is 5.92 Å². The van der Waals surface area contributed by atoms with Crippen molar-refractivity contribution in [3.63, 3.8) is 0 Å². The van der Waals surface area contributed by atoms with Crippen LogP contribution >= 0.6 is 0 Å². The number of hydrogen-bond acceptors (Lipinski definition) is 4. The fourth-order valence-corrected chi connectivity index (χ4v) is 2.17. The van der Waals surface area contributed by atoms with E-state index >= 15 is 0 Å². The van der Waals surface area contributed by atoms with Gasteiger partial charge in [-0.3, -0.25) is 0 Å². The van der Waals surface area contributed by atoms with Gasteiger partial charge in [0.1, 0.15) is 18.0 Å². The van der Waals surface area contributed by atoms with Gasteiger partial charge in [-0.05, 0) is 32.1 Å². The largest absolute Gasteiger partial charge is 0.373 e. The fourth-order valence-electron chi connectivity index (χ4n) is 2.17. The Morgan fingerprint density at radius 3 is 2.65 bits per heavy atom. The second-order valence-electron chi connectivity index (χ2n) is 4.82. The van der Waals surface area contributed by atoms with E-state index in [-0.39, 0.29) is 0 Å². The first-order valence-electron chi connectivity index (χ1n) is 6.54. The molecule has 1 saturated carbocycles. The third-order valence-electron chi connectivity index (χ3n) is 3.38. The van der Waals surface area contributed by atoms with E-state index in [0.29, 0.717) is 6.04 Å². The maximum absolute atomic E-state index is 4.39. The van der Waals surface area contributed by atoms with Gasteiger partial charge in [0.2, 0.25) is 0 Å². The zero-order valence-corrected chi connectivity index (χ0v) is 11.0. The van der Waals surface area contributed by atoms with E-state index in [4.69, 9.17) is 0 Å². The lowest BCUT2D eigenvalue weighted by molar-refractivity contribution is 0.687. The van der Waals surface area contributed by atoms with Gasteiger partial charge in [0.05, 0.1) is 0 Å². The lowest BCUT2D eigenvalue weighted by Gasteiger charge is -2.18. The molecule has 1 atom stereocenters. The van der Waals surface area contributed by atoms with Crippen LogP contribution in [0.4, 0.5) is 11.6 Å². The highest BCUT2D eigenvalue weighted by molar-refractivity contribution is 5.57. The summed E-state index contributed by atoms with van der Waals surface area (Å²) in [6.45, 7) is 4.43. The van der Waals surface area contributed by atoms with Crippen LogP contribution < -0.4 is 10.6 Å². The molecule has 0 saturated heterocycles. The minimum absolute atomic E-state index is 0.519. The second kappa shape index (κ2) is 5.34. The van der Waals surface area contributed by atoms with Gasteiger partial charge in [0.25, 0.3) is 0 Å². The molecule has 1 fully saturated rings. The van der Waals surface area contributed by atoms with Crippen LogP contribution in [0, 0.1) is 5.92 Å². The summed E-state index contributed by atoms with van der Waals surface area (Å²) >= 11 is 0. The van der Waals surface area contributed by atoms with Crippen molar-refractivity contribution < 1.29 is 0 Å². The number of aromatic nitrogens is 2. The van der Waals surface area contributed by atoms with Crippen molar-refractivity contribution in [1.82, 2.24) is 9.97 Å². The van der Waals surface area contributed by atoms with Crippen molar-refractivity contribution in [2.75, 3.05) is 17.7 Å².